The molecule has 0 saturated carbocycles. The van der Waals surface area contributed by atoms with Crippen LogP contribution in [0.1, 0.15) is 17.0 Å². The zero-order valence-corrected chi connectivity index (χ0v) is 14.0. The molecule has 22 heavy (non-hydrogen) atoms. The fourth-order valence-corrected chi connectivity index (χ4v) is 3.41. The van der Waals surface area contributed by atoms with E-state index in [2.05, 4.69) is 0 Å². The molecule has 0 aliphatic heterocycles. The van der Waals surface area contributed by atoms with Crippen molar-refractivity contribution in [3.8, 4) is 0 Å². The van der Waals surface area contributed by atoms with Crippen LogP contribution in [0.25, 0.3) is 0 Å². The second-order valence-corrected chi connectivity index (χ2v) is 6.43. The number of allylic oxidation sites excluding steroid dienone is 4. The standard InChI is InChI=1S/C15H13Cl3F3N/c1-22(2)14-8(4-3-5-9(14)15(19,20)21)12-10(16)6-7-11(17)13(12)18/h3-7,10,12H,1-2H3. The third kappa shape index (κ3) is 3.24. The molecular weight excluding hydrogens is 358 g/mol. The first-order valence-corrected chi connectivity index (χ1v) is 7.58. The van der Waals surface area contributed by atoms with Gasteiger partial charge in [-0.2, -0.15) is 13.2 Å². The highest BCUT2D eigenvalue weighted by molar-refractivity contribution is 6.41. The number of benzene rings is 1. The Morgan fingerprint density at radius 2 is 1.77 bits per heavy atom. The van der Waals surface area contributed by atoms with Crippen molar-refractivity contribution in [2.24, 2.45) is 0 Å². The fourth-order valence-electron chi connectivity index (χ4n) is 2.50. The molecule has 2 rings (SSSR count). The third-order valence-corrected chi connectivity index (χ3v) is 4.66. The van der Waals surface area contributed by atoms with Crippen molar-refractivity contribution >= 4 is 40.5 Å². The first kappa shape index (κ1) is 17.5. The second-order valence-electron chi connectivity index (χ2n) is 5.11. The maximum atomic E-state index is 13.3. The number of hydrogen-bond acceptors (Lipinski definition) is 1. The Balaban J connectivity index is 2.69. The summed E-state index contributed by atoms with van der Waals surface area (Å²) in [5, 5.41) is -0.0468. The normalized spacial score (nSPS) is 22.2. The van der Waals surface area contributed by atoms with Gasteiger partial charge in [0.05, 0.1) is 21.7 Å². The van der Waals surface area contributed by atoms with Gasteiger partial charge in [0.25, 0.3) is 0 Å². The highest BCUT2D eigenvalue weighted by Crippen LogP contribution is 2.47. The number of hydrogen-bond donors (Lipinski definition) is 0. The zero-order chi connectivity index (χ0) is 16.7. The van der Waals surface area contributed by atoms with Gasteiger partial charge in [0, 0.05) is 25.0 Å². The topological polar surface area (TPSA) is 3.24 Å². The summed E-state index contributed by atoms with van der Waals surface area (Å²) in [4.78, 5) is 1.41. The summed E-state index contributed by atoms with van der Waals surface area (Å²) in [6.07, 6.45) is -1.29. The molecule has 0 N–H and O–H groups in total. The van der Waals surface area contributed by atoms with Crippen LogP contribution in [0, 0.1) is 0 Å². The van der Waals surface area contributed by atoms with Gasteiger partial charge in [-0.05, 0) is 17.7 Å². The van der Waals surface area contributed by atoms with E-state index in [1.54, 1.807) is 32.3 Å². The SMILES string of the molecule is CN(C)c1c(C2C(Cl)=C(Cl)C=CC2Cl)cccc1C(F)(F)F. The number of alkyl halides is 4. The number of nitrogens with zero attached hydrogens (tertiary/aromatic N) is 1. The Morgan fingerprint density at radius 3 is 2.32 bits per heavy atom. The molecular formula is C15H13Cl3F3N. The lowest BCUT2D eigenvalue weighted by atomic mass is 9.88. The van der Waals surface area contributed by atoms with Crippen LogP contribution in [0.15, 0.2) is 40.4 Å². The van der Waals surface area contributed by atoms with Crippen molar-refractivity contribution in [1.29, 1.82) is 0 Å². The average Bonchev–Trinajstić information content (AvgIpc) is 2.42. The smallest absolute Gasteiger partial charge is 0.377 e. The molecule has 0 saturated heterocycles. The van der Waals surface area contributed by atoms with Crippen LogP contribution in [0.2, 0.25) is 0 Å². The van der Waals surface area contributed by atoms with E-state index in [-0.39, 0.29) is 15.8 Å². The lowest BCUT2D eigenvalue weighted by Gasteiger charge is -2.30. The van der Waals surface area contributed by atoms with E-state index >= 15 is 0 Å². The molecule has 1 aliphatic carbocycles. The predicted octanol–water partition coefficient (Wildman–Crippen LogP) is 5.72. The Hall–Kier alpha value is -0.840. The summed E-state index contributed by atoms with van der Waals surface area (Å²) in [5.74, 6) is -0.625. The summed E-state index contributed by atoms with van der Waals surface area (Å²) in [7, 11) is 3.10. The lowest BCUT2D eigenvalue weighted by Crippen LogP contribution is -2.23. The van der Waals surface area contributed by atoms with Gasteiger partial charge < -0.3 is 4.90 Å². The highest BCUT2D eigenvalue weighted by Gasteiger charge is 2.38. The maximum absolute atomic E-state index is 13.3. The van der Waals surface area contributed by atoms with E-state index in [4.69, 9.17) is 34.8 Å². The number of halogens is 6. The molecule has 2 unspecified atom stereocenters. The van der Waals surface area contributed by atoms with E-state index in [0.29, 0.717) is 5.56 Å². The van der Waals surface area contributed by atoms with Crippen LogP contribution in [-0.4, -0.2) is 19.5 Å². The van der Waals surface area contributed by atoms with E-state index in [9.17, 15) is 13.2 Å². The van der Waals surface area contributed by atoms with Gasteiger partial charge in [-0.25, -0.2) is 0 Å². The van der Waals surface area contributed by atoms with Crippen LogP contribution in [-0.2, 0) is 6.18 Å². The summed E-state index contributed by atoms with van der Waals surface area (Å²) >= 11 is 18.5. The molecule has 0 fully saturated rings. The molecule has 0 aromatic heterocycles. The summed E-state index contributed by atoms with van der Waals surface area (Å²) in [6, 6.07) is 3.99. The Labute approximate surface area is 141 Å². The van der Waals surface area contributed by atoms with E-state index in [0.717, 1.165) is 6.07 Å². The largest absolute Gasteiger partial charge is 0.418 e. The van der Waals surface area contributed by atoms with Gasteiger partial charge in [-0.15, -0.1) is 11.6 Å². The van der Waals surface area contributed by atoms with Crippen LogP contribution >= 0.6 is 34.8 Å². The first-order valence-electron chi connectivity index (χ1n) is 6.39. The number of anilines is 1. The molecule has 1 aromatic rings. The molecule has 1 nitrogen and oxygen atoms in total. The highest BCUT2D eigenvalue weighted by atomic mass is 35.5. The van der Waals surface area contributed by atoms with Crippen LogP contribution < -0.4 is 4.90 Å². The molecule has 1 aromatic carbocycles. The number of rotatable bonds is 2. The van der Waals surface area contributed by atoms with Crippen molar-refractivity contribution in [2.45, 2.75) is 17.5 Å². The molecule has 0 heterocycles. The van der Waals surface area contributed by atoms with Gasteiger partial charge in [0.2, 0.25) is 0 Å². The Morgan fingerprint density at radius 1 is 1.14 bits per heavy atom. The minimum absolute atomic E-state index is 0.0450. The molecule has 0 amide bonds. The van der Waals surface area contributed by atoms with Crippen LogP contribution in [0.4, 0.5) is 18.9 Å². The van der Waals surface area contributed by atoms with Gasteiger partial charge in [-0.3, -0.25) is 0 Å². The quantitative estimate of drug-likeness (QED) is 0.602. The summed E-state index contributed by atoms with van der Waals surface area (Å²) < 4.78 is 39.8. The minimum atomic E-state index is -4.47. The van der Waals surface area contributed by atoms with Crippen LogP contribution in [0.3, 0.4) is 0 Å². The van der Waals surface area contributed by atoms with Gasteiger partial charge in [0.15, 0.2) is 0 Å². The maximum Gasteiger partial charge on any atom is 0.418 e. The Bertz CT molecular complexity index is 635. The molecule has 0 radical (unpaired) electrons. The molecule has 7 heteroatoms. The van der Waals surface area contributed by atoms with Crippen molar-refractivity contribution in [2.75, 3.05) is 19.0 Å². The van der Waals surface area contributed by atoms with Gasteiger partial charge in [-0.1, -0.05) is 41.4 Å². The first-order chi connectivity index (χ1) is 10.1. The molecule has 1 aliphatic rings. The lowest BCUT2D eigenvalue weighted by molar-refractivity contribution is -0.137. The van der Waals surface area contributed by atoms with Crippen molar-refractivity contribution in [1.82, 2.24) is 0 Å². The van der Waals surface area contributed by atoms with Crippen molar-refractivity contribution < 1.29 is 13.2 Å². The fraction of sp³-hybridized carbons (Fsp3) is 0.333. The van der Waals surface area contributed by atoms with E-state index in [1.165, 1.54) is 11.0 Å². The third-order valence-electron chi connectivity index (χ3n) is 3.40. The summed E-state index contributed by atoms with van der Waals surface area (Å²) in [6.45, 7) is 0. The van der Waals surface area contributed by atoms with Crippen molar-refractivity contribution in [3.63, 3.8) is 0 Å². The van der Waals surface area contributed by atoms with E-state index < -0.39 is 23.0 Å². The van der Waals surface area contributed by atoms with E-state index in [1.807, 2.05) is 0 Å². The monoisotopic (exact) mass is 369 g/mol. The molecule has 2 atom stereocenters. The van der Waals surface area contributed by atoms with Crippen LogP contribution in [0.5, 0.6) is 0 Å². The van der Waals surface area contributed by atoms with Gasteiger partial charge in [0.1, 0.15) is 0 Å². The summed E-state index contributed by atoms with van der Waals surface area (Å²) in [5.41, 5.74) is -0.287. The minimum Gasteiger partial charge on any atom is -0.377 e. The predicted molar refractivity (Wildman–Crippen MR) is 86.0 cm³/mol. The molecule has 0 spiro atoms. The van der Waals surface area contributed by atoms with Crippen molar-refractivity contribution in [3.05, 3.63) is 51.5 Å². The Kier molecular flexibility index (Phi) is 5.05. The number of para-hydroxylation sites is 1. The average molecular weight is 371 g/mol. The second kappa shape index (κ2) is 6.34. The molecule has 0 bridgehead atoms. The molecule has 120 valence electrons. The zero-order valence-electron chi connectivity index (χ0n) is 11.8. The van der Waals surface area contributed by atoms with Gasteiger partial charge >= 0.3 is 6.18 Å².